The molecule has 1 aliphatic rings. The first-order valence-electron chi connectivity index (χ1n) is 11.0. The lowest BCUT2D eigenvalue weighted by Gasteiger charge is -2.24. The van der Waals surface area contributed by atoms with Gasteiger partial charge in [0.1, 0.15) is 10.8 Å². The topological polar surface area (TPSA) is 54.0 Å². The highest BCUT2D eigenvalue weighted by Crippen LogP contribution is 2.44. The molecule has 32 heavy (non-hydrogen) atoms. The smallest absolute Gasteiger partial charge is 0.256 e. The Balaban J connectivity index is 1.59. The predicted molar refractivity (Wildman–Crippen MR) is 132 cm³/mol. The summed E-state index contributed by atoms with van der Waals surface area (Å²) < 4.78 is 0. The Morgan fingerprint density at radius 2 is 1.59 bits per heavy atom. The summed E-state index contributed by atoms with van der Waals surface area (Å²) in [5.41, 5.74) is 4.37. The van der Waals surface area contributed by atoms with Crippen LogP contribution in [0.3, 0.4) is 0 Å². The Kier molecular flexibility index (Phi) is 5.99. The molecule has 1 aliphatic carbocycles. The molecule has 1 atom stereocenters. The number of amides is 1. The minimum atomic E-state index is -0.102. The zero-order chi connectivity index (χ0) is 21.8. The Morgan fingerprint density at radius 3 is 2.34 bits per heavy atom. The molecule has 0 saturated heterocycles. The van der Waals surface area contributed by atoms with Gasteiger partial charge in [0.25, 0.3) is 5.91 Å². The molecule has 0 radical (unpaired) electrons. The standard InChI is InChI=1S/C27H25N3OS/c31-26(20-13-5-2-6-14-20)30-27-24(21-15-7-8-16-22(21)32-27)25(19-11-3-1-4-12-19)29-23-17-9-10-18-28-23/h1-6,9-14,17-18,25H,7-8,15-16H2,(H,28,29)(H,30,31)/t25-/m1/s1. The largest absolute Gasteiger partial charge is 0.359 e. The van der Waals surface area contributed by atoms with Gasteiger partial charge >= 0.3 is 0 Å². The lowest BCUT2D eigenvalue weighted by atomic mass is 9.89. The van der Waals surface area contributed by atoms with Crippen molar-refractivity contribution < 1.29 is 4.79 Å². The van der Waals surface area contributed by atoms with E-state index in [0.29, 0.717) is 5.56 Å². The summed E-state index contributed by atoms with van der Waals surface area (Å²) in [6, 6.07) is 25.6. The summed E-state index contributed by atoms with van der Waals surface area (Å²) in [4.78, 5) is 19.0. The molecule has 0 spiro atoms. The third-order valence-electron chi connectivity index (χ3n) is 5.85. The van der Waals surface area contributed by atoms with Crippen LogP contribution in [0.5, 0.6) is 0 Å². The summed E-state index contributed by atoms with van der Waals surface area (Å²) in [6.07, 6.45) is 6.27. The number of anilines is 2. The number of nitrogens with zero attached hydrogens (tertiary/aromatic N) is 1. The zero-order valence-corrected chi connectivity index (χ0v) is 18.6. The fourth-order valence-corrected chi connectivity index (χ4v) is 5.64. The molecule has 2 heterocycles. The van der Waals surface area contributed by atoms with E-state index in [-0.39, 0.29) is 11.9 Å². The number of pyridine rings is 1. The minimum absolute atomic E-state index is 0.0740. The predicted octanol–water partition coefficient (Wildman–Crippen LogP) is 6.48. The number of carbonyl (C=O) groups is 1. The molecule has 0 aliphatic heterocycles. The molecular weight excluding hydrogens is 414 g/mol. The maximum absolute atomic E-state index is 13.1. The van der Waals surface area contributed by atoms with Gasteiger partial charge in [-0.15, -0.1) is 11.3 Å². The van der Waals surface area contributed by atoms with Crippen LogP contribution in [-0.2, 0) is 12.8 Å². The monoisotopic (exact) mass is 439 g/mol. The average Bonchev–Trinajstić information content (AvgIpc) is 3.22. The van der Waals surface area contributed by atoms with Crippen molar-refractivity contribution in [3.8, 4) is 0 Å². The number of fused-ring (bicyclic) bond motifs is 1. The molecule has 2 aromatic carbocycles. The van der Waals surface area contributed by atoms with Crippen LogP contribution in [0.1, 0.15) is 50.8 Å². The maximum Gasteiger partial charge on any atom is 0.256 e. The van der Waals surface area contributed by atoms with Crippen LogP contribution in [0, 0.1) is 0 Å². The minimum Gasteiger partial charge on any atom is -0.359 e. The number of benzene rings is 2. The Morgan fingerprint density at radius 1 is 0.875 bits per heavy atom. The van der Waals surface area contributed by atoms with Crippen LogP contribution in [0.4, 0.5) is 10.8 Å². The third-order valence-corrected chi connectivity index (χ3v) is 7.08. The highest BCUT2D eigenvalue weighted by atomic mass is 32.1. The van der Waals surface area contributed by atoms with E-state index in [4.69, 9.17) is 0 Å². The van der Waals surface area contributed by atoms with Gasteiger partial charge in [-0.05, 0) is 61.1 Å². The molecule has 2 aromatic heterocycles. The summed E-state index contributed by atoms with van der Waals surface area (Å²) in [6.45, 7) is 0. The number of aryl methyl sites for hydroxylation is 1. The lowest BCUT2D eigenvalue weighted by Crippen LogP contribution is -2.18. The molecule has 0 saturated carbocycles. The van der Waals surface area contributed by atoms with E-state index in [2.05, 4.69) is 39.9 Å². The normalized spacial score (nSPS) is 13.8. The molecular formula is C27H25N3OS. The van der Waals surface area contributed by atoms with Gasteiger partial charge < -0.3 is 10.6 Å². The number of carbonyl (C=O) groups excluding carboxylic acids is 1. The number of rotatable bonds is 6. The second-order valence-corrected chi connectivity index (χ2v) is 9.08. The van der Waals surface area contributed by atoms with E-state index in [0.717, 1.165) is 29.2 Å². The average molecular weight is 440 g/mol. The van der Waals surface area contributed by atoms with Crippen molar-refractivity contribution >= 4 is 28.1 Å². The van der Waals surface area contributed by atoms with E-state index < -0.39 is 0 Å². The first-order valence-corrected chi connectivity index (χ1v) is 11.8. The molecule has 0 unspecified atom stereocenters. The van der Waals surface area contributed by atoms with Crippen molar-refractivity contribution in [3.63, 3.8) is 0 Å². The summed E-state index contributed by atoms with van der Waals surface area (Å²) in [5, 5.41) is 7.82. The molecule has 2 N–H and O–H groups in total. The summed E-state index contributed by atoms with van der Waals surface area (Å²) in [5.74, 6) is 0.743. The van der Waals surface area contributed by atoms with Gasteiger partial charge in [-0.25, -0.2) is 4.98 Å². The molecule has 4 aromatic rings. The van der Waals surface area contributed by atoms with Crippen molar-refractivity contribution in [2.75, 3.05) is 10.6 Å². The Hall–Kier alpha value is -3.44. The first kappa shape index (κ1) is 20.5. The van der Waals surface area contributed by atoms with Crippen LogP contribution in [0.25, 0.3) is 0 Å². The molecule has 160 valence electrons. The Bertz CT molecular complexity index is 1190. The van der Waals surface area contributed by atoms with E-state index in [1.165, 1.54) is 28.8 Å². The van der Waals surface area contributed by atoms with Crippen LogP contribution in [0.15, 0.2) is 85.1 Å². The van der Waals surface area contributed by atoms with Gasteiger partial charge in [-0.2, -0.15) is 0 Å². The number of hydrogen-bond donors (Lipinski definition) is 2. The van der Waals surface area contributed by atoms with Crippen LogP contribution in [0.2, 0.25) is 0 Å². The zero-order valence-electron chi connectivity index (χ0n) is 17.8. The van der Waals surface area contributed by atoms with Gasteiger partial charge in [-0.1, -0.05) is 54.6 Å². The first-order chi connectivity index (χ1) is 15.8. The second-order valence-electron chi connectivity index (χ2n) is 7.98. The van der Waals surface area contributed by atoms with Crippen molar-refractivity contribution in [3.05, 3.63) is 112 Å². The van der Waals surface area contributed by atoms with E-state index >= 15 is 0 Å². The lowest BCUT2D eigenvalue weighted by molar-refractivity contribution is 0.102. The van der Waals surface area contributed by atoms with Crippen molar-refractivity contribution in [1.82, 2.24) is 4.98 Å². The van der Waals surface area contributed by atoms with Gasteiger partial charge in [0.05, 0.1) is 6.04 Å². The van der Waals surface area contributed by atoms with E-state index in [1.807, 2.05) is 54.6 Å². The molecule has 4 nitrogen and oxygen atoms in total. The molecule has 5 heteroatoms. The van der Waals surface area contributed by atoms with Gasteiger partial charge in [0.2, 0.25) is 0 Å². The number of aromatic nitrogens is 1. The number of hydrogen-bond acceptors (Lipinski definition) is 4. The highest BCUT2D eigenvalue weighted by molar-refractivity contribution is 7.16. The fourth-order valence-electron chi connectivity index (χ4n) is 4.32. The van der Waals surface area contributed by atoms with Gasteiger partial charge in [0.15, 0.2) is 0 Å². The van der Waals surface area contributed by atoms with E-state index in [9.17, 15) is 4.79 Å². The molecule has 0 bridgehead atoms. The summed E-state index contributed by atoms with van der Waals surface area (Å²) in [7, 11) is 0. The molecule has 1 amide bonds. The molecule has 5 rings (SSSR count). The SMILES string of the molecule is O=C(Nc1sc2c(c1[C@H](Nc1ccccn1)c1ccccc1)CCCC2)c1ccccc1. The van der Waals surface area contributed by atoms with Crippen LogP contribution < -0.4 is 10.6 Å². The van der Waals surface area contributed by atoms with Crippen LogP contribution in [-0.4, -0.2) is 10.9 Å². The number of nitrogens with one attached hydrogen (secondary N) is 2. The van der Waals surface area contributed by atoms with Crippen molar-refractivity contribution in [2.45, 2.75) is 31.7 Å². The van der Waals surface area contributed by atoms with Crippen molar-refractivity contribution in [1.29, 1.82) is 0 Å². The summed E-state index contributed by atoms with van der Waals surface area (Å²) >= 11 is 1.73. The quantitative estimate of drug-likeness (QED) is 0.362. The third kappa shape index (κ3) is 4.30. The second kappa shape index (κ2) is 9.37. The molecule has 0 fully saturated rings. The number of thiophene rings is 1. The Labute approximate surface area is 192 Å². The maximum atomic E-state index is 13.1. The van der Waals surface area contributed by atoms with Crippen molar-refractivity contribution in [2.24, 2.45) is 0 Å². The van der Waals surface area contributed by atoms with Crippen LogP contribution >= 0.6 is 11.3 Å². The van der Waals surface area contributed by atoms with Gasteiger partial charge in [0, 0.05) is 22.2 Å². The van der Waals surface area contributed by atoms with Gasteiger partial charge in [-0.3, -0.25) is 4.79 Å². The van der Waals surface area contributed by atoms with E-state index in [1.54, 1.807) is 17.5 Å². The fraction of sp³-hybridized carbons (Fsp3) is 0.185. The highest BCUT2D eigenvalue weighted by Gasteiger charge is 2.28.